The number of fused-ring (bicyclic) bond motifs is 2. The molecule has 0 saturated carbocycles. The van der Waals surface area contributed by atoms with E-state index in [0.717, 1.165) is 27.4 Å². The molecule has 0 fully saturated rings. The smallest absolute Gasteiger partial charge is 0.342 e. The van der Waals surface area contributed by atoms with Gasteiger partial charge in [0.2, 0.25) is 5.78 Å². The maximum atomic E-state index is 13.0. The standard InChI is InChI=1S/C24H21NO4/c1-14-22(18-10-6-7-11-20(18)25-14)23(26)15(2)29-24(27)19-12-16-8-4-5-9-17(16)13-21(19)28-3/h4-13,15,25H,1-3H3/t15-/m1/s1. The fraction of sp³-hybridized carbons (Fsp3) is 0.167. The maximum Gasteiger partial charge on any atom is 0.342 e. The lowest BCUT2D eigenvalue weighted by Crippen LogP contribution is -2.25. The van der Waals surface area contributed by atoms with E-state index in [0.29, 0.717) is 16.9 Å². The number of aromatic amines is 1. The molecule has 0 saturated heterocycles. The average molecular weight is 387 g/mol. The molecule has 4 rings (SSSR count). The van der Waals surface area contributed by atoms with Crippen LogP contribution in [-0.4, -0.2) is 30.0 Å². The molecule has 0 aliphatic carbocycles. The molecule has 1 heterocycles. The Morgan fingerprint density at radius 1 is 0.966 bits per heavy atom. The molecule has 0 radical (unpaired) electrons. The molecule has 5 heteroatoms. The molecule has 0 amide bonds. The van der Waals surface area contributed by atoms with Crippen molar-refractivity contribution in [1.29, 1.82) is 0 Å². The average Bonchev–Trinajstić information content (AvgIpc) is 3.07. The first-order chi connectivity index (χ1) is 14.0. The summed E-state index contributed by atoms with van der Waals surface area (Å²) in [6, 6.07) is 18.8. The van der Waals surface area contributed by atoms with Crippen molar-refractivity contribution in [3.05, 3.63) is 77.5 Å². The molecule has 0 unspecified atom stereocenters. The van der Waals surface area contributed by atoms with Gasteiger partial charge >= 0.3 is 5.97 Å². The minimum absolute atomic E-state index is 0.243. The summed E-state index contributed by atoms with van der Waals surface area (Å²) in [5, 5.41) is 2.67. The Bertz CT molecular complexity index is 1240. The number of benzene rings is 3. The third kappa shape index (κ3) is 3.36. The number of nitrogens with one attached hydrogen (secondary N) is 1. The van der Waals surface area contributed by atoms with Crippen LogP contribution < -0.4 is 4.74 Å². The number of hydrogen-bond donors (Lipinski definition) is 1. The van der Waals surface area contributed by atoms with Gasteiger partial charge in [-0.1, -0.05) is 42.5 Å². The first-order valence-electron chi connectivity index (χ1n) is 9.39. The SMILES string of the molecule is COc1cc2ccccc2cc1C(=O)O[C@H](C)C(=O)c1c(C)[nH]c2ccccc12. The first-order valence-corrected chi connectivity index (χ1v) is 9.39. The van der Waals surface area contributed by atoms with Crippen molar-refractivity contribution in [1.82, 2.24) is 4.98 Å². The van der Waals surface area contributed by atoms with Crippen LogP contribution in [0.4, 0.5) is 0 Å². The number of carbonyl (C=O) groups is 2. The zero-order valence-corrected chi connectivity index (χ0v) is 16.5. The number of methoxy groups -OCH3 is 1. The van der Waals surface area contributed by atoms with Crippen LogP contribution >= 0.6 is 0 Å². The Hall–Kier alpha value is -3.60. The fourth-order valence-corrected chi connectivity index (χ4v) is 3.62. The molecule has 146 valence electrons. The van der Waals surface area contributed by atoms with Gasteiger partial charge in [0.25, 0.3) is 0 Å². The first kappa shape index (κ1) is 18.7. The minimum Gasteiger partial charge on any atom is -0.496 e. The second-order valence-electron chi connectivity index (χ2n) is 6.98. The van der Waals surface area contributed by atoms with Gasteiger partial charge in [0.05, 0.1) is 7.11 Å². The number of carbonyl (C=O) groups excluding carboxylic acids is 2. The maximum absolute atomic E-state index is 13.0. The lowest BCUT2D eigenvalue weighted by molar-refractivity contribution is 0.0316. The summed E-state index contributed by atoms with van der Waals surface area (Å²) in [5.74, 6) is -0.421. The van der Waals surface area contributed by atoms with Gasteiger partial charge in [-0.15, -0.1) is 0 Å². The fourth-order valence-electron chi connectivity index (χ4n) is 3.62. The molecule has 0 aliphatic rings. The Morgan fingerprint density at radius 2 is 1.62 bits per heavy atom. The van der Waals surface area contributed by atoms with E-state index in [4.69, 9.17) is 9.47 Å². The number of para-hydroxylation sites is 1. The van der Waals surface area contributed by atoms with Crippen LogP contribution in [0.25, 0.3) is 21.7 Å². The number of ketones is 1. The Balaban J connectivity index is 1.63. The molecule has 29 heavy (non-hydrogen) atoms. The lowest BCUT2D eigenvalue weighted by atomic mass is 10.0. The van der Waals surface area contributed by atoms with E-state index in [1.54, 1.807) is 19.1 Å². The number of aromatic nitrogens is 1. The van der Waals surface area contributed by atoms with Crippen molar-refractivity contribution < 1.29 is 19.1 Å². The van der Waals surface area contributed by atoms with Gasteiger partial charge in [-0.05, 0) is 42.8 Å². The van der Waals surface area contributed by atoms with E-state index in [2.05, 4.69) is 4.98 Å². The van der Waals surface area contributed by atoms with Crippen LogP contribution in [0.15, 0.2) is 60.7 Å². The molecule has 3 aromatic carbocycles. The van der Waals surface area contributed by atoms with Gasteiger partial charge in [0.1, 0.15) is 11.3 Å². The van der Waals surface area contributed by atoms with Crippen molar-refractivity contribution in [2.45, 2.75) is 20.0 Å². The monoisotopic (exact) mass is 387 g/mol. The van der Waals surface area contributed by atoms with Gasteiger partial charge in [-0.25, -0.2) is 4.79 Å². The highest BCUT2D eigenvalue weighted by Gasteiger charge is 2.26. The van der Waals surface area contributed by atoms with Gasteiger partial charge in [0.15, 0.2) is 6.10 Å². The normalized spacial score (nSPS) is 12.1. The number of esters is 1. The van der Waals surface area contributed by atoms with Crippen LogP contribution in [0.1, 0.15) is 33.3 Å². The van der Waals surface area contributed by atoms with Crippen molar-refractivity contribution in [3.8, 4) is 5.75 Å². The van der Waals surface area contributed by atoms with Gasteiger partial charge in [-0.3, -0.25) is 4.79 Å². The van der Waals surface area contributed by atoms with E-state index >= 15 is 0 Å². The molecule has 4 aromatic rings. The van der Waals surface area contributed by atoms with E-state index < -0.39 is 12.1 Å². The zero-order chi connectivity index (χ0) is 20.5. The third-order valence-electron chi connectivity index (χ3n) is 5.08. The number of rotatable bonds is 5. The molecule has 5 nitrogen and oxygen atoms in total. The van der Waals surface area contributed by atoms with Crippen LogP contribution in [0.5, 0.6) is 5.75 Å². The summed E-state index contributed by atoms with van der Waals surface area (Å²) in [5.41, 5.74) is 2.47. The summed E-state index contributed by atoms with van der Waals surface area (Å²) in [6.07, 6.45) is -0.934. The molecule has 0 spiro atoms. The molecular formula is C24H21NO4. The highest BCUT2D eigenvalue weighted by Crippen LogP contribution is 2.28. The predicted molar refractivity (Wildman–Crippen MR) is 113 cm³/mol. The number of ether oxygens (including phenoxy) is 2. The predicted octanol–water partition coefficient (Wildman–Crippen LogP) is 5.07. The molecule has 1 atom stereocenters. The van der Waals surface area contributed by atoms with E-state index in [1.807, 2.05) is 55.5 Å². The van der Waals surface area contributed by atoms with Gasteiger partial charge < -0.3 is 14.5 Å². The van der Waals surface area contributed by atoms with Crippen molar-refractivity contribution >= 4 is 33.4 Å². The number of hydrogen-bond acceptors (Lipinski definition) is 4. The van der Waals surface area contributed by atoms with Crippen LogP contribution in [0, 0.1) is 6.92 Å². The Labute approximate surface area is 168 Å². The highest BCUT2D eigenvalue weighted by atomic mass is 16.5. The van der Waals surface area contributed by atoms with Gasteiger partial charge in [-0.2, -0.15) is 0 Å². The second kappa shape index (κ2) is 7.43. The lowest BCUT2D eigenvalue weighted by Gasteiger charge is -2.15. The summed E-state index contributed by atoms with van der Waals surface area (Å²) < 4.78 is 10.9. The largest absolute Gasteiger partial charge is 0.496 e. The molecule has 0 bridgehead atoms. The van der Waals surface area contributed by atoms with Crippen molar-refractivity contribution in [2.24, 2.45) is 0 Å². The third-order valence-corrected chi connectivity index (χ3v) is 5.08. The Morgan fingerprint density at radius 3 is 2.34 bits per heavy atom. The molecule has 1 N–H and O–H groups in total. The van der Waals surface area contributed by atoms with Crippen LogP contribution in [-0.2, 0) is 4.74 Å². The number of aryl methyl sites for hydroxylation is 1. The summed E-state index contributed by atoms with van der Waals surface area (Å²) in [6.45, 7) is 3.43. The van der Waals surface area contributed by atoms with E-state index in [-0.39, 0.29) is 5.78 Å². The topological polar surface area (TPSA) is 68.4 Å². The second-order valence-corrected chi connectivity index (χ2v) is 6.98. The number of H-pyrrole nitrogens is 1. The summed E-state index contributed by atoms with van der Waals surface area (Å²) >= 11 is 0. The van der Waals surface area contributed by atoms with Crippen molar-refractivity contribution in [3.63, 3.8) is 0 Å². The van der Waals surface area contributed by atoms with E-state index in [1.165, 1.54) is 7.11 Å². The van der Waals surface area contributed by atoms with Crippen molar-refractivity contribution in [2.75, 3.05) is 7.11 Å². The molecule has 0 aliphatic heterocycles. The van der Waals surface area contributed by atoms with E-state index in [9.17, 15) is 9.59 Å². The molecular weight excluding hydrogens is 366 g/mol. The minimum atomic E-state index is -0.934. The van der Waals surface area contributed by atoms with Crippen LogP contribution in [0.2, 0.25) is 0 Å². The van der Waals surface area contributed by atoms with Gasteiger partial charge in [0, 0.05) is 22.2 Å². The number of Topliss-reactive ketones (excluding diaryl/α,β-unsaturated/α-hetero) is 1. The Kier molecular flexibility index (Phi) is 4.80. The van der Waals surface area contributed by atoms with Crippen LogP contribution in [0.3, 0.4) is 0 Å². The quantitative estimate of drug-likeness (QED) is 0.384. The zero-order valence-electron chi connectivity index (χ0n) is 16.5. The highest BCUT2D eigenvalue weighted by molar-refractivity contribution is 6.12. The molecule has 1 aromatic heterocycles. The summed E-state index contributed by atoms with van der Waals surface area (Å²) in [7, 11) is 1.50. The summed E-state index contributed by atoms with van der Waals surface area (Å²) in [4.78, 5) is 29.1.